The number of ketones is 1. The Labute approximate surface area is 177 Å². The van der Waals surface area contributed by atoms with E-state index < -0.39 is 42.6 Å². The van der Waals surface area contributed by atoms with Gasteiger partial charge in [-0.05, 0) is 19.1 Å². The van der Waals surface area contributed by atoms with Crippen LogP contribution in [0, 0.1) is 6.92 Å². The van der Waals surface area contributed by atoms with Crippen LogP contribution in [-0.4, -0.2) is 73.4 Å². The van der Waals surface area contributed by atoms with Crippen LogP contribution in [0.2, 0.25) is 0 Å². The third-order valence-electron chi connectivity index (χ3n) is 5.16. The zero-order valence-corrected chi connectivity index (χ0v) is 16.8. The molecule has 1 saturated heterocycles. The molecule has 1 aromatic heterocycles. The molecule has 2 heterocycles. The molecule has 4 N–H and O–H groups in total. The summed E-state index contributed by atoms with van der Waals surface area (Å²) in [6.07, 6.45) is -9.54. The predicted octanol–water partition coefficient (Wildman–Crippen LogP) is -0.458. The lowest BCUT2D eigenvalue weighted by Gasteiger charge is -2.37. The molecule has 31 heavy (non-hydrogen) atoms. The first kappa shape index (κ1) is 22.6. The second-order valence-electron chi connectivity index (χ2n) is 7.37. The maximum atomic E-state index is 12.7. The van der Waals surface area contributed by atoms with E-state index in [9.17, 15) is 29.7 Å². The van der Waals surface area contributed by atoms with Gasteiger partial charge in [0, 0.05) is 18.3 Å². The highest BCUT2D eigenvalue weighted by Crippen LogP contribution is 2.23. The summed E-state index contributed by atoms with van der Waals surface area (Å²) in [6, 6.07) is 10.2. The van der Waals surface area contributed by atoms with Gasteiger partial charge < -0.3 is 34.5 Å². The van der Waals surface area contributed by atoms with Crippen LogP contribution in [0.25, 0.3) is 0 Å². The number of ether oxygens (including phenoxy) is 2. The van der Waals surface area contributed by atoms with Crippen molar-refractivity contribution < 1.29 is 44.3 Å². The number of nitrogens with zero attached hydrogens (tertiary/aromatic N) is 1. The number of hydrogen-bond acceptors (Lipinski definition) is 8. The molecule has 0 radical (unpaired) electrons. The van der Waals surface area contributed by atoms with E-state index in [2.05, 4.69) is 0 Å². The fourth-order valence-corrected chi connectivity index (χ4v) is 3.28. The summed E-state index contributed by atoms with van der Waals surface area (Å²) in [6.45, 7) is 1.91. The van der Waals surface area contributed by atoms with Gasteiger partial charge in [0.1, 0.15) is 18.3 Å². The number of hydrogen-bond donors (Lipinski definition) is 4. The van der Waals surface area contributed by atoms with Crippen LogP contribution in [0.1, 0.15) is 27.3 Å². The number of carbonyl (C=O) groups is 3. The van der Waals surface area contributed by atoms with E-state index in [1.54, 1.807) is 31.3 Å². The van der Waals surface area contributed by atoms with Crippen LogP contribution < -0.4 is 0 Å². The van der Waals surface area contributed by atoms with Gasteiger partial charge in [0.2, 0.25) is 12.1 Å². The molecule has 0 saturated carbocycles. The molecule has 2 aromatic rings. The first-order chi connectivity index (χ1) is 14.6. The van der Waals surface area contributed by atoms with E-state index in [4.69, 9.17) is 14.6 Å². The highest BCUT2D eigenvalue weighted by Gasteiger charge is 2.48. The Morgan fingerprint density at radius 2 is 1.65 bits per heavy atom. The molecule has 1 aromatic carbocycles. The fourth-order valence-electron chi connectivity index (χ4n) is 3.28. The molecule has 1 fully saturated rings. The van der Waals surface area contributed by atoms with Crippen molar-refractivity contribution in [3.8, 4) is 0 Å². The number of carbonyl (C=O) groups excluding carboxylic acids is 2. The molecule has 166 valence electrons. The van der Waals surface area contributed by atoms with Crippen molar-refractivity contribution in [1.82, 2.24) is 4.57 Å². The van der Waals surface area contributed by atoms with Crippen molar-refractivity contribution in [1.29, 1.82) is 0 Å². The highest BCUT2D eigenvalue weighted by molar-refractivity contribution is 6.08. The van der Waals surface area contributed by atoms with Gasteiger partial charge in [-0.25, -0.2) is 4.79 Å². The SMILES string of the molecule is Cc1ccc(C(=O)c2ccc(CC(=O)O[C@H]3O[C@H](C(=O)O)[C@@H](O)[C@@H](O)[C@H]3O)n2C)cc1. The molecule has 0 spiro atoms. The largest absolute Gasteiger partial charge is 0.479 e. The normalized spacial score (nSPS) is 25.8. The number of aromatic nitrogens is 1. The highest BCUT2D eigenvalue weighted by atomic mass is 16.7. The van der Waals surface area contributed by atoms with Crippen molar-refractivity contribution in [2.24, 2.45) is 7.05 Å². The van der Waals surface area contributed by atoms with Crippen molar-refractivity contribution in [2.75, 3.05) is 0 Å². The van der Waals surface area contributed by atoms with Gasteiger partial charge in [0.05, 0.1) is 12.1 Å². The number of aliphatic hydroxyl groups excluding tert-OH is 3. The van der Waals surface area contributed by atoms with Crippen LogP contribution in [0.15, 0.2) is 36.4 Å². The van der Waals surface area contributed by atoms with Crippen molar-refractivity contribution in [2.45, 2.75) is 44.1 Å². The molecule has 10 heteroatoms. The summed E-state index contributed by atoms with van der Waals surface area (Å²) in [5.74, 6) is -2.69. The van der Waals surface area contributed by atoms with Gasteiger partial charge in [0.15, 0.2) is 6.10 Å². The second kappa shape index (κ2) is 8.98. The summed E-state index contributed by atoms with van der Waals surface area (Å²) in [5.41, 5.74) is 2.29. The number of benzene rings is 1. The number of rotatable bonds is 6. The summed E-state index contributed by atoms with van der Waals surface area (Å²) < 4.78 is 11.4. The standard InChI is InChI=1S/C21H23NO9/c1-10-3-5-11(6-4-10)15(24)13-8-7-12(22(13)2)9-14(23)30-21-18(27)16(25)17(26)19(31-21)20(28)29/h3-8,16-19,21,25-27H,9H2,1-2H3,(H,28,29)/t16-,17+,18-,19+,21+/m1/s1. The smallest absolute Gasteiger partial charge is 0.335 e. The summed E-state index contributed by atoms with van der Waals surface area (Å²) in [7, 11) is 1.61. The molecule has 3 rings (SSSR count). The van der Waals surface area contributed by atoms with Gasteiger partial charge >= 0.3 is 11.9 Å². The summed E-state index contributed by atoms with van der Waals surface area (Å²) >= 11 is 0. The lowest BCUT2D eigenvalue weighted by Crippen LogP contribution is -2.60. The summed E-state index contributed by atoms with van der Waals surface area (Å²) in [5, 5.41) is 38.5. The number of carboxylic acid groups (broad SMARTS) is 1. The minimum Gasteiger partial charge on any atom is -0.479 e. The Morgan fingerprint density at radius 3 is 2.26 bits per heavy atom. The van der Waals surface area contributed by atoms with Gasteiger partial charge in [-0.15, -0.1) is 0 Å². The van der Waals surface area contributed by atoms with Crippen LogP contribution >= 0.6 is 0 Å². The number of aliphatic carboxylic acids is 1. The third kappa shape index (κ3) is 4.67. The van der Waals surface area contributed by atoms with E-state index in [1.165, 1.54) is 4.57 Å². The first-order valence-corrected chi connectivity index (χ1v) is 9.48. The number of esters is 1. The number of carboxylic acids is 1. The maximum absolute atomic E-state index is 12.7. The molecule has 0 aliphatic carbocycles. The summed E-state index contributed by atoms with van der Waals surface area (Å²) in [4.78, 5) is 36.2. The van der Waals surface area contributed by atoms with Crippen LogP contribution in [-0.2, 0) is 32.5 Å². The zero-order valence-electron chi connectivity index (χ0n) is 16.8. The van der Waals surface area contributed by atoms with Gasteiger partial charge in [-0.1, -0.05) is 29.8 Å². The zero-order chi connectivity index (χ0) is 22.9. The van der Waals surface area contributed by atoms with E-state index in [0.29, 0.717) is 17.0 Å². The first-order valence-electron chi connectivity index (χ1n) is 9.48. The average Bonchev–Trinajstić information content (AvgIpc) is 3.08. The molecule has 10 nitrogen and oxygen atoms in total. The maximum Gasteiger partial charge on any atom is 0.335 e. The predicted molar refractivity (Wildman–Crippen MR) is 104 cm³/mol. The number of aryl methyl sites for hydroxylation is 1. The van der Waals surface area contributed by atoms with Crippen molar-refractivity contribution in [3.05, 3.63) is 58.9 Å². The fraction of sp³-hybridized carbons (Fsp3) is 0.381. The molecule has 0 amide bonds. The Morgan fingerprint density at radius 1 is 1.00 bits per heavy atom. The van der Waals surface area contributed by atoms with E-state index >= 15 is 0 Å². The van der Waals surface area contributed by atoms with E-state index in [0.717, 1.165) is 5.56 Å². The third-order valence-corrected chi connectivity index (χ3v) is 5.16. The van der Waals surface area contributed by atoms with E-state index in [1.807, 2.05) is 19.1 Å². The molecular weight excluding hydrogens is 410 g/mol. The molecule has 0 bridgehead atoms. The lowest BCUT2D eigenvalue weighted by atomic mass is 9.99. The molecule has 1 aliphatic rings. The monoisotopic (exact) mass is 433 g/mol. The van der Waals surface area contributed by atoms with Crippen molar-refractivity contribution >= 4 is 17.7 Å². The van der Waals surface area contributed by atoms with E-state index in [-0.39, 0.29) is 12.2 Å². The molecule has 0 unspecified atom stereocenters. The topological polar surface area (TPSA) is 156 Å². The Bertz CT molecular complexity index is 981. The Hall–Kier alpha value is -3.05. The quantitative estimate of drug-likeness (QED) is 0.350. The van der Waals surface area contributed by atoms with Crippen LogP contribution in [0.5, 0.6) is 0 Å². The molecule has 5 atom stereocenters. The molecular formula is C21H23NO9. The number of aliphatic hydroxyl groups is 3. The van der Waals surface area contributed by atoms with Crippen LogP contribution in [0.4, 0.5) is 0 Å². The second-order valence-corrected chi connectivity index (χ2v) is 7.37. The molecule has 1 aliphatic heterocycles. The van der Waals surface area contributed by atoms with Crippen LogP contribution in [0.3, 0.4) is 0 Å². The van der Waals surface area contributed by atoms with Crippen molar-refractivity contribution in [3.63, 3.8) is 0 Å². The Kier molecular flexibility index (Phi) is 6.56. The van der Waals surface area contributed by atoms with Gasteiger partial charge in [-0.3, -0.25) is 9.59 Å². The minimum atomic E-state index is -1.88. The average molecular weight is 433 g/mol. The minimum absolute atomic E-state index is 0.227. The van der Waals surface area contributed by atoms with Gasteiger partial charge in [-0.2, -0.15) is 0 Å². The Balaban J connectivity index is 1.69. The van der Waals surface area contributed by atoms with Gasteiger partial charge in [0.25, 0.3) is 0 Å². The lowest BCUT2D eigenvalue weighted by molar-refractivity contribution is -0.286.